The van der Waals surface area contributed by atoms with Crippen molar-refractivity contribution >= 4 is 34.2 Å². The number of carboxylic acids is 1. The van der Waals surface area contributed by atoms with Gasteiger partial charge in [0.15, 0.2) is 5.82 Å². The number of fused-ring (bicyclic) bond motifs is 4. The maximum atomic E-state index is 13.9. The molecular weight excluding hydrogens is 443 g/mol. The van der Waals surface area contributed by atoms with E-state index in [1.165, 1.54) is 17.4 Å². The van der Waals surface area contributed by atoms with Crippen molar-refractivity contribution in [3.63, 3.8) is 0 Å². The molecule has 0 amide bonds. The van der Waals surface area contributed by atoms with Gasteiger partial charge in [-0.2, -0.15) is 0 Å². The number of hydrogen-bond donors (Lipinski definition) is 3. The molecule has 0 aromatic carbocycles. The van der Waals surface area contributed by atoms with Crippen LogP contribution in [0, 0.1) is 23.6 Å². The molecule has 0 radical (unpaired) electrons. The van der Waals surface area contributed by atoms with Crippen LogP contribution < -0.4 is 5.32 Å². The van der Waals surface area contributed by atoms with E-state index in [4.69, 9.17) is 9.97 Å². The molecule has 7 rings (SSSR count). The van der Waals surface area contributed by atoms with Crippen LogP contribution in [0.1, 0.15) is 25.7 Å². The minimum Gasteiger partial charge on any atom is -0.481 e. The normalized spacial score (nSPS) is 24.3. The molecule has 8 nitrogen and oxygen atoms in total. The van der Waals surface area contributed by atoms with Crippen molar-refractivity contribution in [1.82, 2.24) is 24.9 Å². The first-order valence-corrected chi connectivity index (χ1v) is 11.9. The number of pyridine rings is 1. The van der Waals surface area contributed by atoms with Gasteiger partial charge in [0.25, 0.3) is 0 Å². The second-order valence-electron chi connectivity index (χ2n) is 8.76. The van der Waals surface area contributed by atoms with E-state index in [1.807, 2.05) is 11.4 Å². The third kappa shape index (κ3) is 3.54. The molecule has 2 unspecified atom stereocenters. The number of aromatic amines is 1. The van der Waals surface area contributed by atoms with Crippen LogP contribution in [0.5, 0.6) is 0 Å². The molecule has 3 fully saturated rings. The Balaban J connectivity index is 1.45. The quantitative estimate of drug-likeness (QED) is 0.396. The second kappa shape index (κ2) is 7.87. The summed E-state index contributed by atoms with van der Waals surface area (Å²) in [7, 11) is 0. The Kier molecular flexibility index (Phi) is 4.83. The van der Waals surface area contributed by atoms with Crippen molar-refractivity contribution in [3.05, 3.63) is 41.9 Å². The average molecular weight is 465 g/mol. The van der Waals surface area contributed by atoms with Crippen LogP contribution in [0.25, 0.3) is 33.1 Å². The number of aliphatic carboxylic acids is 1. The molecule has 0 saturated heterocycles. The van der Waals surface area contributed by atoms with Gasteiger partial charge >= 0.3 is 5.97 Å². The number of carboxylic acid groups (broad SMARTS) is 1. The zero-order chi connectivity index (χ0) is 22.5. The zero-order valence-corrected chi connectivity index (χ0v) is 18.3. The molecule has 168 valence electrons. The second-order valence-corrected chi connectivity index (χ2v) is 9.65. The summed E-state index contributed by atoms with van der Waals surface area (Å²) in [5, 5.41) is 16.6. The highest BCUT2D eigenvalue weighted by Crippen LogP contribution is 2.46. The van der Waals surface area contributed by atoms with Gasteiger partial charge in [0.2, 0.25) is 0 Å². The van der Waals surface area contributed by atoms with Gasteiger partial charge in [-0.3, -0.25) is 4.79 Å². The largest absolute Gasteiger partial charge is 0.481 e. The number of aromatic nitrogens is 5. The summed E-state index contributed by atoms with van der Waals surface area (Å²) < 4.78 is 13.9. The Morgan fingerprint density at radius 1 is 1.15 bits per heavy atom. The lowest BCUT2D eigenvalue weighted by Gasteiger charge is -2.47. The lowest BCUT2D eigenvalue weighted by molar-refractivity contribution is -0.148. The summed E-state index contributed by atoms with van der Waals surface area (Å²) in [5.74, 6) is -0.207. The first kappa shape index (κ1) is 20.2. The Hall–Kier alpha value is -3.40. The fraction of sp³-hybridized carbons (Fsp3) is 0.348. The van der Waals surface area contributed by atoms with Crippen molar-refractivity contribution in [2.45, 2.75) is 31.7 Å². The predicted molar refractivity (Wildman–Crippen MR) is 122 cm³/mol. The lowest BCUT2D eigenvalue weighted by atomic mass is 9.61. The molecule has 3 aliphatic rings. The van der Waals surface area contributed by atoms with Crippen LogP contribution >= 0.6 is 11.3 Å². The summed E-state index contributed by atoms with van der Waals surface area (Å²) in [4.78, 5) is 33.1. The summed E-state index contributed by atoms with van der Waals surface area (Å²) in [5.41, 5.74) is 1.79. The first-order valence-electron chi connectivity index (χ1n) is 11.0. The number of carbonyl (C=O) groups is 1. The van der Waals surface area contributed by atoms with Gasteiger partial charge in [-0.25, -0.2) is 24.3 Å². The number of nitrogens with one attached hydrogen (secondary N) is 2. The van der Waals surface area contributed by atoms with Crippen LogP contribution in [0.15, 0.2) is 36.1 Å². The number of rotatable bonds is 5. The van der Waals surface area contributed by atoms with Crippen LogP contribution in [0.4, 0.5) is 10.2 Å². The summed E-state index contributed by atoms with van der Waals surface area (Å²) in [6, 6.07) is 3.03. The Bertz CT molecular complexity index is 1330. The standard InChI is InChI=1S/C23H21FN6O2S/c24-13-7-14-15(10-27-20(14)26-9-13)21-28-16(22-25-5-6-33-22)8-17(30-21)29-19-12-3-1-11(2-4-12)18(19)23(31)32/h5-12,18-19H,1-4H2,(H,26,27)(H,31,32)(H,28,29,30). The van der Waals surface area contributed by atoms with E-state index in [0.29, 0.717) is 39.9 Å². The Labute approximate surface area is 192 Å². The van der Waals surface area contributed by atoms with Crippen LogP contribution in [0.2, 0.25) is 0 Å². The maximum absolute atomic E-state index is 13.9. The molecule has 4 heterocycles. The Morgan fingerprint density at radius 2 is 1.97 bits per heavy atom. The SMILES string of the molecule is O=C(O)C1C2CCC(CC2)C1Nc1cc(-c2nccs2)nc(-c2c[nH]c3ncc(F)cc23)n1. The van der Waals surface area contributed by atoms with E-state index in [0.717, 1.165) is 36.9 Å². The molecule has 3 aliphatic carbocycles. The van der Waals surface area contributed by atoms with Crippen molar-refractivity contribution in [2.75, 3.05) is 5.32 Å². The molecule has 3 N–H and O–H groups in total. The molecule has 0 spiro atoms. The van der Waals surface area contributed by atoms with Gasteiger partial charge in [0.05, 0.1) is 12.1 Å². The number of thiazole rings is 1. The lowest BCUT2D eigenvalue weighted by Crippen LogP contribution is -2.51. The van der Waals surface area contributed by atoms with E-state index in [1.54, 1.807) is 12.4 Å². The highest BCUT2D eigenvalue weighted by molar-refractivity contribution is 7.13. The predicted octanol–water partition coefficient (Wildman–Crippen LogP) is 4.58. The molecule has 4 aromatic heterocycles. The number of H-pyrrole nitrogens is 1. The molecule has 33 heavy (non-hydrogen) atoms. The van der Waals surface area contributed by atoms with Crippen molar-refractivity contribution in [1.29, 1.82) is 0 Å². The van der Waals surface area contributed by atoms with Gasteiger partial charge in [-0.15, -0.1) is 11.3 Å². The molecule has 2 bridgehead atoms. The first-order chi connectivity index (χ1) is 16.1. The van der Waals surface area contributed by atoms with E-state index >= 15 is 0 Å². The average Bonchev–Trinajstić information content (AvgIpc) is 3.49. The van der Waals surface area contributed by atoms with Crippen LogP contribution in [-0.2, 0) is 4.79 Å². The monoisotopic (exact) mass is 464 g/mol. The van der Waals surface area contributed by atoms with Crippen LogP contribution in [0.3, 0.4) is 0 Å². The fourth-order valence-corrected chi connectivity index (χ4v) is 6.04. The molecule has 4 aromatic rings. The maximum Gasteiger partial charge on any atom is 0.308 e. The summed E-state index contributed by atoms with van der Waals surface area (Å²) in [6.07, 6.45) is 8.56. The van der Waals surface area contributed by atoms with Gasteiger partial charge in [-0.1, -0.05) is 0 Å². The van der Waals surface area contributed by atoms with Gasteiger partial charge < -0.3 is 15.4 Å². The van der Waals surface area contributed by atoms with E-state index < -0.39 is 17.7 Å². The third-order valence-electron chi connectivity index (χ3n) is 6.94. The van der Waals surface area contributed by atoms with Gasteiger partial charge in [0, 0.05) is 40.8 Å². The molecule has 10 heteroatoms. The summed E-state index contributed by atoms with van der Waals surface area (Å²) >= 11 is 1.46. The van der Waals surface area contributed by atoms with Crippen molar-refractivity contribution in [3.8, 4) is 22.1 Å². The van der Waals surface area contributed by atoms with E-state index in [-0.39, 0.29) is 12.0 Å². The topological polar surface area (TPSA) is 117 Å². The number of halogens is 1. The van der Waals surface area contributed by atoms with Gasteiger partial charge in [-0.05, 0) is 43.6 Å². The molecule has 2 atom stereocenters. The zero-order valence-electron chi connectivity index (χ0n) is 17.5. The minimum absolute atomic E-state index is 0.187. The van der Waals surface area contributed by atoms with Gasteiger partial charge in [0.1, 0.15) is 28.0 Å². The minimum atomic E-state index is -0.755. The highest BCUT2D eigenvalue weighted by Gasteiger charge is 2.47. The fourth-order valence-electron chi connectivity index (χ4n) is 5.45. The number of anilines is 1. The third-order valence-corrected chi connectivity index (χ3v) is 7.73. The van der Waals surface area contributed by atoms with E-state index in [9.17, 15) is 14.3 Å². The van der Waals surface area contributed by atoms with Crippen LogP contribution in [-0.4, -0.2) is 42.0 Å². The summed E-state index contributed by atoms with van der Waals surface area (Å²) in [6.45, 7) is 0. The van der Waals surface area contributed by atoms with Crippen molar-refractivity contribution < 1.29 is 14.3 Å². The number of nitrogens with zero attached hydrogens (tertiary/aromatic N) is 4. The molecule has 3 saturated carbocycles. The smallest absolute Gasteiger partial charge is 0.308 e. The molecule has 0 aliphatic heterocycles. The van der Waals surface area contributed by atoms with E-state index in [2.05, 4.69) is 20.3 Å². The highest BCUT2D eigenvalue weighted by atomic mass is 32.1. The number of hydrogen-bond acceptors (Lipinski definition) is 7. The van der Waals surface area contributed by atoms with Crippen molar-refractivity contribution in [2.24, 2.45) is 17.8 Å². The molecular formula is C23H21FN6O2S. The Morgan fingerprint density at radius 3 is 2.73 bits per heavy atom.